The Balaban J connectivity index is 1.18. The molecule has 4 heterocycles. The summed E-state index contributed by atoms with van der Waals surface area (Å²) in [6.07, 6.45) is 4.86. The lowest BCUT2D eigenvalue weighted by Crippen LogP contribution is -2.49. The minimum atomic E-state index is -0.427. The van der Waals surface area contributed by atoms with Crippen LogP contribution in [0.25, 0.3) is 0 Å². The molecule has 2 aliphatic heterocycles. The largest absolute Gasteiger partial charge is 0.571 e. The summed E-state index contributed by atoms with van der Waals surface area (Å²) in [6, 6.07) is 3.13. The lowest BCUT2D eigenvalue weighted by atomic mass is 9.94. The number of rotatable bonds is 6. The zero-order valence-corrected chi connectivity index (χ0v) is 17.4. The van der Waals surface area contributed by atoms with Crippen LogP contribution in [0.5, 0.6) is 0 Å². The summed E-state index contributed by atoms with van der Waals surface area (Å²) < 4.78 is 7.00. The molecule has 2 aromatic rings. The molecular weight excluding hydrogens is 400 g/mol. The van der Waals surface area contributed by atoms with Gasteiger partial charge in [0.2, 0.25) is 17.3 Å². The smallest absolute Gasteiger partial charge is 0.236 e. The summed E-state index contributed by atoms with van der Waals surface area (Å²) in [5.41, 5.74) is 0.256. The molecule has 1 atom stereocenters. The van der Waals surface area contributed by atoms with Crippen molar-refractivity contribution in [2.24, 2.45) is 0 Å². The quantitative estimate of drug-likeness (QED) is 0.396. The zero-order valence-electron chi connectivity index (χ0n) is 17.4. The van der Waals surface area contributed by atoms with Gasteiger partial charge in [0.1, 0.15) is 5.69 Å². The van der Waals surface area contributed by atoms with Crippen molar-refractivity contribution in [2.75, 3.05) is 45.9 Å². The topological polar surface area (TPSA) is 107 Å². The van der Waals surface area contributed by atoms with E-state index < -0.39 is 11.6 Å². The van der Waals surface area contributed by atoms with Crippen molar-refractivity contribution in [3.63, 3.8) is 0 Å². The van der Waals surface area contributed by atoms with Gasteiger partial charge in [-0.15, -0.1) is 4.68 Å². The average molecular weight is 426 g/mol. The molecule has 10 nitrogen and oxygen atoms in total. The lowest BCUT2D eigenvalue weighted by Gasteiger charge is -2.35. The lowest BCUT2D eigenvalue weighted by molar-refractivity contribution is -0.749. The van der Waals surface area contributed by atoms with Gasteiger partial charge in [-0.25, -0.2) is 0 Å². The molecule has 2 saturated heterocycles. The minimum absolute atomic E-state index is 0.0487. The van der Waals surface area contributed by atoms with Crippen molar-refractivity contribution >= 4 is 11.6 Å². The van der Waals surface area contributed by atoms with E-state index in [0.717, 1.165) is 58.7 Å². The van der Waals surface area contributed by atoms with Crippen LogP contribution in [-0.4, -0.2) is 88.1 Å². The van der Waals surface area contributed by atoms with E-state index in [1.807, 2.05) is 0 Å². The molecule has 2 fully saturated rings. The third-order valence-corrected chi connectivity index (χ3v) is 6.37. The number of hydrogen-bond donors (Lipinski definition) is 0. The highest BCUT2D eigenvalue weighted by molar-refractivity contribution is 6.26. The van der Waals surface area contributed by atoms with Crippen LogP contribution in [0.15, 0.2) is 18.3 Å². The van der Waals surface area contributed by atoms with Crippen LogP contribution in [0.3, 0.4) is 0 Å². The first kappa shape index (κ1) is 20.2. The Morgan fingerprint density at radius 3 is 2.68 bits per heavy atom. The zero-order chi connectivity index (χ0) is 21.4. The SMILES string of the molecule is O=C1c2cccnc2C(=O)c2c1n[n+]([O-])n2CCCN1CCN(CC2CCCO2)CC1. The second-order valence-corrected chi connectivity index (χ2v) is 8.36. The fourth-order valence-electron chi connectivity index (χ4n) is 4.69. The number of pyridine rings is 1. The van der Waals surface area contributed by atoms with E-state index in [9.17, 15) is 14.8 Å². The van der Waals surface area contributed by atoms with E-state index in [1.165, 1.54) is 16.9 Å². The fourth-order valence-corrected chi connectivity index (χ4v) is 4.69. The first-order chi connectivity index (χ1) is 15.1. The number of ether oxygens (including phenoxy) is 1. The molecule has 10 heteroatoms. The van der Waals surface area contributed by atoms with Gasteiger partial charge in [0.15, 0.2) is 5.69 Å². The van der Waals surface area contributed by atoms with E-state index in [0.29, 0.717) is 24.0 Å². The normalized spacial score (nSPS) is 22.0. The van der Waals surface area contributed by atoms with Gasteiger partial charge in [0.25, 0.3) is 0 Å². The van der Waals surface area contributed by atoms with Gasteiger partial charge >= 0.3 is 0 Å². The van der Waals surface area contributed by atoms with Gasteiger partial charge in [-0.1, -0.05) is 0 Å². The number of nitrogens with zero attached hydrogens (tertiary/aromatic N) is 6. The molecule has 2 aromatic heterocycles. The molecule has 0 N–H and O–H groups in total. The number of fused-ring (bicyclic) bond motifs is 2. The number of ketones is 2. The first-order valence-electron chi connectivity index (χ1n) is 10.9. The van der Waals surface area contributed by atoms with Gasteiger partial charge in [0.05, 0.1) is 18.2 Å². The Morgan fingerprint density at radius 1 is 1.10 bits per heavy atom. The van der Waals surface area contributed by atoms with Crippen LogP contribution in [0.1, 0.15) is 51.5 Å². The van der Waals surface area contributed by atoms with E-state index in [-0.39, 0.29) is 22.6 Å². The molecule has 0 spiro atoms. The molecule has 1 unspecified atom stereocenters. The van der Waals surface area contributed by atoms with Crippen molar-refractivity contribution in [1.82, 2.24) is 24.6 Å². The van der Waals surface area contributed by atoms with E-state index in [1.54, 1.807) is 6.07 Å². The summed E-state index contributed by atoms with van der Waals surface area (Å²) >= 11 is 0. The fraction of sp³-hybridized carbons (Fsp3) is 0.571. The number of piperazine rings is 1. The molecule has 31 heavy (non-hydrogen) atoms. The van der Waals surface area contributed by atoms with Crippen LogP contribution in [-0.2, 0) is 11.3 Å². The van der Waals surface area contributed by atoms with Crippen LogP contribution in [0, 0.1) is 5.21 Å². The molecule has 1 aliphatic carbocycles. The van der Waals surface area contributed by atoms with Gasteiger partial charge in [-0.3, -0.25) is 19.5 Å². The molecule has 3 aliphatic rings. The van der Waals surface area contributed by atoms with Crippen LogP contribution in [0.2, 0.25) is 0 Å². The molecule has 0 amide bonds. The summed E-state index contributed by atoms with van der Waals surface area (Å²) in [6.45, 7) is 7.01. The molecular formula is C21H26N6O4. The Hall–Kier alpha value is -2.69. The second-order valence-electron chi connectivity index (χ2n) is 8.36. The molecule has 0 saturated carbocycles. The predicted molar refractivity (Wildman–Crippen MR) is 109 cm³/mol. The third kappa shape index (κ3) is 3.86. The Bertz CT molecular complexity index is 992. The van der Waals surface area contributed by atoms with Gasteiger partial charge in [0, 0.05) is 62.1 Å². The van der Waals surface area contributed by atoms with Crippen molar-refractivity contribution in [1.29, 1.82) is 0 Å². The van der Waals surface area contributed by atoms with Crippen molar-refractivity contribution in [3.05, 3.63) is 46.2 Å². The molecule has 5 rings (SSSR count). The van der Waals surface area contributed by atoms with E-state index in [4.69, 9.17) is 4.74 Å². The Kier molecular flexibility index (Phi) is 5.51. The van der Waals surface area contributed by atoms with E-state index in [2.05, 4.69) is 19.9 Å². The second kappa shape index (κ2) is 8.45. The summed E-state index contributed by atoms with van der Waals surface area (Å²) in [7, 11) is 0. The maximum atomic E-state index is 12.9. The van der Waals surface area contributed by atoms with Gasteiger partial charge < -0.3 is 14.8 Å². The number of hydrogen-bond acceptors (Lipinski definition) is 8. The third-order valence-electron chi connectivity index (χ3n) is 6.37. The maximum absolute atomic E-state index is 12.9. The molecule has 0 aromatic carbocycles. The summed E-state index contributed by atoms with van der Waals surface area (Å²) in [5.74, 6) is -0.849. The van der Waals surface area contributed by atoms with Gasteiger partial charge in [-0.05, 0) is 31.4 Å². The van der Waals surface area contributed by atoms with Crippen LogP contribution >= 0.6 is 0 Å². The molecule has 0 bridgehead atoms. The monoisotopic (exact) mass is 426 g/mol. The number of carbonyl (C=O) groups excluding carboxylic acids is 2. The maximum Gasteiger partial charge on any atom is 0.236 e. The molecule has 0 radical (unpaired) electrons. The van der Waals surface area contributed by atoms with Crippen molar-refractivity contribution in [2.45, 2.75) is 31.9 Å². The Labute approximate surface area is 180 Å². The minimum Gasteiger partial charge on any atom is -0.571 e. The van der Waals surface area contributed by atoms with Crippen LogP contribution in [0.4, 0.5) is 0 Å². The number of carbonyl (C=O) groups is 2. The summed E-state index contributed by atoms with van der Waals surface area (Å²) in [5, 5.41) is 16.1. The average Bonchev–Trinajstić information content (AvgIpc) is 3.41. The van der Waals surface area contributed by atoms with Crippen molar-refractivity contribution in [3.8, 4) is 0 Å². The highest BCUT2D eigenvalue weighted by Crippen LogP contribution is 2.24. The highest BCUT2D eigenvalue weighted by Gasteiger charge is 2.40. The first-order valence-corrected chi connectivity index (χ1v) is 10.9. The van der Waals surface area contributed by atoms with E-state index >= 15 is 0 Å². The summed E-state index contributed by atoms with van der Waals surface area (Å²) in [4.78, 5) is 34.8. The predicted octanol–water partition coefficient (Wildman–Crippen LogP) is -0.126. The van der Waals surface area contributed by atoms with Gasteiger partial charge in [-0.2, -0.15) is 0 Å². The van der Waals surface area contributed by atoms with Crippen LogP contribution < -0.4 is 4.96 Å². The van der Waals surface area contributed by atoms with Crippen molar-refractivity contribution < 1.29 is 19.3 Å². The standard InChI is InChI=1S/C21H26N6O4/c28-20-16-5-1-6-22-17(16)21(29)19-18(20)23-27(30)26(19)8-3-7-24-9-11-25(12-10-24)14-15-4-2-13-31-15/h1,5-6,15H,2-4,7-14H2. The number of aromatic nitrogens is 4. The molecule has 164 valence electrons. The highest BCUT2D eigenvalue weighted by atomic mass is 16.5. The Morgan fingerprint density at radius 2 is 1.90 bits per heavy atom.